The number of benzene rings is 1. The molecular weight excluding hydrogens is 396 g/mol. The third-order valence-electron chi connectivity index (χ3n) is 4.42. The van der Waals surface area contributed by atoms with Crippen molar-refractivity contribution in [3.8, 4) is 11.5 Å². The van der Waals surface area contributed by atoms with E-state index in [-0.39, 0.29) is 22.8 Å². The molecule has 0 aliphatic carbocycles. The predicted octanol–water partition coefficient (Wildman–Crippen LogP) is 3.62. The number of thiazole rings is 1. The van der Waals surface area contributed by atoms with Crippen LogP contribution in [0, 0.1) is 0 Å². The lowest BCUT2D eigenvalue weighted by Gasteiger charge is -2.24. The zero-order chi connectivity index (χ0) is 20.5. The second kappa shape index (κ2) is 7.44. The van der Waals surface area contributed by atoms with Crippen LogP contribution in [0.1, 0.15) is 29.1 Å². The van der Waals surface area contributed by atoms with Gasteiger partial charge in [-0.15, -0.1) is 11.3 Å². The molecule has 0 radical (unpaired) electrons. The van der Waals surface area contributed by atoms with Crippen molar-refractivity contribution in [2.24, 2.45) is 0 Å². The minimum atomic E-state index is -0.967. The van der Waals surface area contributed by atoms with Crippen LogP contribution in [0.2, 0.25) is 0 Å². The Hall–Kier alpha value is -3.59. The fourth-order valence-electron chi connectivity index (χ4n) is 3.20. The van der Waals surface area contributed by atoms with Crippen LogP contribution in [-0.4, -0.2) is 33.5 Å². The second-order valence-corrected chi connectivity index (χ2v) is 6.99. The zero-order valence-electron chi connectivity index (χ0n) is 15.2. The third kappa shape index (κ3) is 3.15. The first-order valence-corrected chi connectivity index (χ1v) is 9.61. The maximum atomic E-state index is 13.1. The normalized spacial score (nSPS) is 16.5. The number of ether oxygens (including phenoxy) is 1. The van der Waals surface area contributed by atoms with Crippen LogP contribution in [-0.2, 0) is 4.79 Å². The summed E-state index contributed by atoms with van der Waals surface area (Å²) >= 11 is 1.19. The third-order valence-corrected chi connectivity index (χ3v) is 5.19. The molecular formula is C20H16N2O6S. The molecule has 0 saturated carbocycles. The lowest BCUT2D eigenvalue weighted by atomic mass is 9.95. The van der Waals surface area contributed by atoms with E-state index < -0.39 is 23.5 Å². The highest BCUT2D eigenvalue weighted by molar-refractivity contribution is 7.13. The van der Waals surface area contributed by atoms with Crippen LogP contribution in [0.3, 0.4) is 0 Å². The summed E-state index contributed by atoms with van der Waals surface area (Å²) in [6.07, 6.45) is 2.86. The molecule has 8 nitrogen and oxygen atoms in total. The summed E-state index contributed by atoms with van der Waals surface area (Å²) in [5, 5.41) is 22.6. The van der Waals surface area contributed by atoms with E-state index in [4.69, 9.17) is 9.15 Å². The molecule has 3 heterocycles. The summed E-state index contributed by atoms with van der Waals surface area (Å²) in [5.41, 5.74) is 0.335. The number of rotatable bonds is 6. The van der Waals surface area contributed by atoms with Gasteiger partial charge in [-0.1, -0.05) is 6.07 Å². The van der Waals surface area contributed by atoms with E-state index in [1.54, 1.807) is 24.4 Å². The van der Waals surface area contributed by atoms with Crippen molar-refractivity contribution in [1.29, 1.82) is 0 Å². The van der Waals surface area contributed by atoms with Crippen molar-refractivity contribution < 1.29 is 29.0 Å². The van der Waals surface area contributed by atoms with Gasteiger partial charge >= 0.3 is 0 Å². The summed E-state index contributed by atoms with van der Waals surface area (Å²) in [7, 11) is 0. The molecule has 3 aromatic rings. The van der Waals surface area contributed by atoms with Gasteiger partial charge in [-0.2, -0.15) is 0 Å². The zero-order valence-corrected chi connectivity index (χ0v) is 16.0. The van der Waals surface area contributed by atoms with Gasteiger partial charge in [0.25, 0.3) is 5.91 Å². The molecule has 29 heavy (non-hydrogen) atoms. The molecule has 0 fully saturated rings. The number of carbonyl (C=O) groups excluding carboxylic acids is 2. The molecule has 1 aromatic carbocycles. The molecule has 1 aliphatic heterocycles. The van der Waals surface area contributed by atoms with Crippen molar-refractivity contribution in [2.75, 3.05) is 11.5 Å². The first-order valence-electron chi connectivity index (χ1n) is 8.73. The Kier molecular flexibility index (Phi) is 4.81. The van der Waals surface area contributed by atoms with Gasteiger partial charge < -0.3 is 19.4 Å². The first kappa shape index (κ1) is 18.8. The van der Waals surface area contributed by atoms with Crippen LogP contribution in [0.15, 0.2) is 63.9 Å². The van der Waals surface area contributed by atoms with Crippen LogP contribution >= 0.6 is 11.3 Å². The summed E-state index contributed by atoms with van der Waals surface area (Å²) in [5.74, 6) is -1.91. The SMILES string of the molecule is CCOc1cc([C@H]2C(C(=O)c3ccco3)=C(O)C(=O)N2c2nccs2)ccc1O. The standard InChI is InChI=1S/C20H16N2O6S/c1-2-27-14-10-11(5-6-12(14)23)16-15(17(24)13-4-3-8-28-13)18(25)19(26)22(16)20-21-7-9-29-20/h3-10,16,23,25H,2H2,1H3/t16-/m0/s1. The van der Waals surface area contributed by atoms with Crippen LogP contribution in [0.5, 0.6) is 11.5 Å². The van der Waals surface area contributed by atoms with E-state index in [0.717, 1.165) is 0 Å². The fourth-order valence-corrected chi connectivity index (χ4v) is 3.86. The molecule has 4 rings (SSSR count). The maximum absolute atomic E-state index is 13.1. The van der Waals surface area contributed by atoms with Gasteiger partial charge in [0, 0.05) is 11.6 Å². The van der Waals surface area contributed by atoms with Gasteiger partial charge in [0.05, 0.1) is 24.5 Å². The summed E-state index contributed by atoms with van der Waals surface area (Å²) in [4.78, 5) is 31.3. The number of phenols is 1. The van der Waals surface area contributed by atoms with Crippen LogP contribution in [0.4, 0.5) is 5.13 Å². The van der Waals surface area contributed by atoms with Crippen molar-refractivity contribution in [3.63, 3.8) is 0 Å². The highest BCUT2D eigenvalue weighted by Crippen LogP contribution is 2.44. The van der Waals surface area contributed by atoms with E-state index in [9.17, 15) is 19.8 Å². The lowest BCUT2D eigenvalue weighted by Crippen LogP contribution is -2.30. The second-order valence-electron chi connectivity index (χ2n) is 6.12. The van der Waals surface area contributed by atoms with Gasteiger partial charge in [0.2, 0.25) is 5.78 Å². The van der Waals surface area contributed by atoms with Crippen molar-refractivity contribution in [1.82, 2.24) is 4.98 Å². The Balaban J connectivity index is 1.88. The molecule has 2 N–H and O–H groups in total. The number of hydrogen-bond acceptors (Lipinski definition) is 8. The van der Waals surface area contributed by atoms with E-state index >= 15 is 0 Å². The van der Waals surface area contributed by atoms with Crippen LogP contribution < -0.4 is 9.64 Å². The molecule has 2 aromatic heterocycles. The van der Waals surface area contributed by atoms with Gasteiger partial charge in [0.1, 0.15) is 0 Å². The minimum absolute atomic E-state index is 0.00542. The number of amides is 1. The largest absolute Gasteiger partial charge is 0.504 e. The van der Waals surface area contributed by atoms with Crippen molar-refractivity contribution >= 4 is 28.2 Å². The number of aliphatic hydroxyl groups is 1. The molecule has 0 spiro atoms. The molecule has 1 atom stereocenters. The Bertz CT molecular complexity index is 1090. The summed E-state index contributed by atoms with van der Waals surface area (Å²) in [6, 6.07) is 6.54. The average molecular weight is 412 g/mol. The molecule has 9 heteroatoms. The van der Waals surface area contributed by atoms with Crippen molar-refractivity contribution in [3.05, 3.63) is 70.8 Å². The first-order chi connectivity index (χ1) is 14.0. The number of aromatic hydroxyl groups is 1. The highest BCUT2D eigenvalue weighted by Gasteiger charge is 2.46. The number of carbonyl (C=O) groups is 2. The Morgan fingerprint density at radius 3 is 2.83 bits per heavy atom. The number of nitrogens with zero attached hydrogens (tertiary/aromatic N) is 2. The number of furan rings is 1. The number of hydrogen-bond donors (Lipinski definition) is 2. The molecule has 0 unspecified atom stereocenters. The molecule has 148 valence electrons. The highest BCUT2D eigenvalue weighted by atomic mass is 32.1. The van der Waals surface area contributed by atoms with Gasteiger partial charge in [0.15, 0.2) is 28.1 Å². The minimum Gasteiger partial charge on any atom is -0.504 e. The monoisotopic (exact) mass is 412 g/mol. The molecule has 1 amide bonds. The number of aromatic nitrogens is 1. The maximum Gasteiger partial charge on any atom is 0.296 e. The number of aliphatic hydroxyl groups excluding tert-OH is 1. The number of ketones is 1. The molecule has 0 bridgehead atoms. The van der Waals surface area contributed by atoms with Gasteiger partial charge in [-0.3, -0.25) is 14.5 Å². The van der Waals surface area contributed by atoms with Crippen molar-refractivity contribution in [2.45, 2.75) is 13.0 Å². The molecule has 0 saturated heterocycles. The lowest BCUT2D eigenvalue weighted by molar-refractivity contribution is -0.117. The Morgan fingerprint density at radius 1 is 1.34 bits per heavy atom. The average Bonchev–Trinajstić information content (AvgIpc) is 3.46. The van der Waals surface area contributed by atoms with Gasteiger partial charge in [-0.05, 0) is 36.8 Å². The number of Topliss-reactive ketones (excluding diaryl/α,β-unsaturated/α-hetero) is 1. The Morgan fingerprint density at radius 2 is 2.17 bits per heavy atom. The topological polar surface area (TPSA) is 113 Å². The number of anilines is 1. The van der Waals surface area contributed by atoms with E-state index in [2.05, 4.69) is 4.98 Å². The predicted molar refractivity (Wildman–Crippen MR) is 104 cm³/mol. The van der Waals surface area contributed by atoms with E-state index in [1.165, 1.54) is 46.9 Å². The molecule has 1 aliphatic rings. The van der Waals surface area contributed by atoms with Crippen LogP contribution in [0.25, 0.3) is 0 Å². The quantitative estimate of drug-likeness (QED) is 0.595. The summed E-state index contributed by atoms with van der Waals surface area (Å²) in [6.45, 7) is 2.08. The van der Waals surface area contributed by atoms with E-state index in [0.29, 0.717) is 17.3 Å². The summed E-state index contributed by atoms with van der Waals surface area (Å²) < 4.78 is 10.6. The fraction of sp³-hybridized carbons (Fsp3) is 0.150. The smallest absolute Gasteiger partial charge is 0.296 e. The van der Waals surface area contributed by atoms with Gasteiger partial charge in [-0.25, -0.2) is 4.98 Å². The number of phenolic OH excluding ortho intramolecular Hbond substituents is 1. The van der Waals surface area contributed by atoms with E-state index in [1.807, 2.05) is 0 Å². The Labute approximate surface area is 169 Å².